The molecule has 1 fully saturated rings. The Kier molecular flexibility index (Phi) is 4.34. The van der Waals surface area contributed by atoms with Crippen LogP contribution in [0.25, 0.3) is 0 Å². The van der Waals surface area contributed by atoms with E-state index in [-0.39, 0.29) is 11.9 Å². The number of amides is 1. The summed E-state index contributed by atoms with van der Waals surface area (Å²) in [4.78, 5) is 12.4. The summed E-state index contributed by atoms with van der Waals surface area (Å²) in [6.07, 6.45) is 3.22. The molecular formula is C12H12BrCl2NO. The number of carbonyl (C=O) groups is 1. The highest BCUT2D eigenvalue weighted by Gasteiger charge is 2.27. The van der Waals surface area contributed by atoms with Crippen LogP contribution in [0.1, 0.15) is 29.6 Å². The van der Waals surface area contributed by atoms with Gasteiger partial charge in [-0.2, -0.15) is 0 Å². The number of hydrogen-bond donors (Lipinski definition) is 1. The third-order valence-electron chi connectivity index (χ3n) is 2.92. The lowest BCUT2D eigenvalue weighted by Gasteiger charge is -2.16. The van der Waals surface area contributed by atoms with Gasteiger partial charge in [0.15, 0.2) is 0 Å². The van der Waals surface area contributed by atoms with E-state index in [9.17, 15) is 4.79 Å². The molecule has 5 heteroatoms. The largest absolute Gasteiger partial charge is 0.348 e. The molecule has 2 rings (SSSR count). The minimum atomic E-state index is -0.158. The maximum Gasteiger partial charge on any atom is 0.253 e. The Labute approximate surface area is 119 Å². The van der Waals surface area contributed by atoms with Gasteiger partial charge in [-0.1, -0.05) is 45.6 Å². The van der Waals surface area contributed by atoms with Crippen molar-refractivity contribution in [1.82, 2.24) is 5.32 Å². The molecule has 17 heavy (non-hydrogen) atoms. The topological polar surface area (TPSA) is 29.1 Å². The molecule has 0 radical (unpaired) electrons. The molecule has 2 unspecified atom stereocenters. The Hall–Kier alpha value is -0.250. The molecule has 1 aromatic carbocycles. The summed E-state index contributed by atoms with van der Waals surface area (Å²) < 4.78 is 0. The summed E-state index contributed by atoms with van der Waals surface area (Å²) in [6, 6.07) is 5.08. The lowest BCUT2D eigenvalue weighted by Crippen LogP contribution is -2.37. The van der Waals surface area contributed by atoms with Gasteiger partial charge < -0.3 is 5.32 Å². The lowest BCUT2D eigenvalue weighted by molar-refractivity contribution is 0.0939. The number of alkyl halides is 1. The normalized spacial score (nSPS) is 23.7. The Bertz CT molecular complexity index is 439. The highest BCUT2D eigenvalue weighted by atomic mass is 79.9. The highest BCUT2D eigenvalue weighted by molar-refractivity contribution is 9.09. The van der Waals surface area contributed by atoms with Gasteiger partial charge in [-0.3, -0.25) is 4.79 Å². The zero-order valence-electron chi connectivity index (χ0n) is 9.05. The molecule has 0 saturated heterocycles. The van der Waals surface area contributed by atoms with Crippen LogP contribution in [0, 0.1) is 0 Å². The monoisotopic (exact) mass is 335 g/mol. The fourth-order valence-electron chi connectivity index (χ4n) is 2.00. The first-order chi connectivity index (χ1) is 8.08. The first-order valence-electron chi connectivity index (χ1n) is 5.48. The molecule has 0 heterocycles. The molecule has 0 spiro atoms. The van der Waals surface area contributed by atoms with E-state index >= 15 is 0 Å². The molecular weight excluding hydrogens is 325 g/mol. The van der Waals surface area contributed by atoms with Crippen LogP contribution in [-0.2, 0) is 0 Å². The number of carbonyl (C=O) groups excluding carboxylic acids is 1. The van der Waals surface area contributed by atoms with E-state index in [1.54, 1.807) is 18.2 Å². The van der Waals surface area contributed by atoms with Crippen molar-refractivity contribution < 1.29 is 4.79 Å². The molecule has 1 aliphatic rings. The van der Waals surface area contributed by atoms with Crippen LogP contribution >= 0.6 is 39.1 Å². The summed E-state index contributed by atoms with van der Waals surface area (Å²) in [5.41, 5.74) is 0.436. The summed E-state index contributed by atoms with van der Waals surface area (Å²) in [6.45, 7) is 0. The second-order valence-corrected chi connectivity index (χ2v) is 6.17. The SMILES string of the molecule is O=C(NC1CCCC1Br)c1cc(Cl)ccc1Cl. The average molecular weight is 337 g/mol. The van der Waals surface area contributed by atoms with Crippen LogP contribution < -0.4 is 5.32 Å². The third kappa shape index (κ3) is 3.15. The Morgan fingerprint density at radius 2 is 2.12 bits per heavy atom. The van der Waals surface area contributed by atoms with Crippen LogP contribution in [0.15, 0.2) is 18.2 Å². The minimum Gasteiger partial charge on any atom is -0.348 e. The third-order valence-corrected chi connectivity index (χ3v) is 4.58. The highest BCUT2D eigenvalue weighted by Crippen LogP contribution is 2.27. The van der Waals surface area contributed by atoms with Crippen molar-refractivity contribution in [2.45, 2.75) is 30.1 Å². The standard InChI is InChI=1S/C12H12BrCl2NO/c13-9-2-1-3-11(9)16-12(17)8-6-7(14)4-5-10(8)15/h4-6,9,11H,1-3H2,(H,16,17). The number of nitrogens with one attached hydrogen (secondary N) is 1. The van der Waals surface area contributed by atoms with Crippen LogP contribution in [0.2, 0.25) is 10.0 Å². The van der Waals surface area contributed by atoms with Crippen molar-refractivity contribution in [2.24, 2.45) is 0 Å². The van der Waals surface area contributed by atoms with E-state index in [0.717, 1.165) is 19.3 Å². The second-order valence-electron chi connectivity index (χ2n) is 4.15. The van der Waals surface area contributed by atoms with Crippen LogP contribution in [0.4, 0.5) is 0 Å². The molecule has 2 nitrogen and oxygen atoms in total. The molecule has 1 aromatic rings. The van der Waals surface area contributed by atoms with E-state index in [4.69, 9.17) is 23.2 Å². The van der Waals surface area contributed by atoms with Crippen molar-refractivity contribution in [3.63, 3.8) is 0 Å². The van der Waals surface area contributed by atoms with Crippen LogP contribution in [-0.4, -0.2) is 16.8 Å². The van der Waals surface area contributed by atoms with Gasteiger partial charge in [0.05, 0.1) is 10.6 Å². The average Bonchev–Trinajstić information content (AvgIpc) is 2.68. The maximum atomic E-state index is 12.0. The molecule has 1 N–H and O–H groups in total. The number of benzene rings is 1. The van der Waals surface area contributed by atoms with Crippen molar-refractivity contribution in [3.05, 3.63) is 33.8 Å². The number of rotatable bonds is 2. The van der Waals surface area contributed by atoms with Crippen molar-refractivity contribution in [2.75, 3.05) is 0 Å². The van der Waals surface area contributed by atoms with Crippen molar-refractivity contribution in [1.29, 1.82) is 0 Å². The second kappa shape index (κ2) is 5.59. The van der Waals surface area contributed by atoms with E-state index in [1.807, 2.05) is 0 Å². The van der Waals surface area contributed by atoms with E-state index in [0.29, 0.717) is 20.4 Å². The van der Waals surface area contributed by atoms with Crippen LogP contribution in [0.5, 0.6) is 0 Å². The molecule has 0 aliphatic heterocycles. The molecule has 2 atom stereocenters. The molecule has 1 amide bonds. The first kappa shape index (κ1) is 13.2. The molecule has 1 saturated carbocycles. The zero-order chi connectivity index (χ0) is 12.4. The summed E-state index contributed by atoms with van der Waals surface area (Å²) in [7, 11) is 0. The molecule has 92 valence electrons. The Balaban J connectivity index is 2.11. The van der Waals surface area contributed by atoms with Gasteiger partial charge in [0.25, 0.3) is 5.91 Å². The van der Waals surface area contributed by atoms with Crippen molar-refractivity contribution in [3.8, 4) is 0 Å². The van der Waals surface area contributed by atoms with Gasteiger partial charge in [-0.25, -0.2) is 0 Å². The maximum absolute atomic E-state index is 12.0. The van der Waals surface area contributed by atoms with Gasteiger partial charge in [0.1, 0.15) is 0 Å². The van der Waals surface area contributed by atoms with Gasteiger partial charge in [-0.05, 0) is 31.0 Å². The fourth-order valence-corrected chi connectivity index (χ4v) is 3.09. The summed E-state index contributed by atoms with van der Waals surface area (Å²) >= 11 is 15.4. The number of halogens is 3. The predicted molar refractivity (Wildman–Crippen MR) is 74.3 cm³/mol. The minimum absolute atomic E-state index is 0.158. The Morgan fingerprint density at radius 1 is 1.35 bits per heavy atom. The predicted octanol–water partition coefficient (Wildman–Crippen LogP) is 4.04. The lowest BCUT2D eigenvalue weighted by atomic mass is 10.2. The van der Waals surface area contributed by atoms with Gasteiger partial charge >= 0.3 is 0 Å². The van der Waals surface area contributed by atoms with Gasteiger partial charge in [-0.15, -0.1) is 0 Å². The smallest absolute Gasteiger partial charge is 0.253 e. The van der Waals surface area contributed by atoms with Crippen LogP contribution in [0.3, 0.4) is 0 Å². The molecule has 0 aromatic heterocycles. The summed E-state index contributed by atoms with van der Waals surface area (Å²) in [5, 5.41) is 3.93. The molecule has 1 aliphatic carbocycles. The summed E-state index contributed by atoms with van der Waals surface area (Å²) in [5.74, 6) is -0.158. The quantitative estimate of drug-likeness (QED) is 0.811. The first-order valence-corrected chi connectivity index (χ1v) is 7.15. The fraction of sp³-hybridized carbons (Fsp3) is 0.417. The zero-order valence-corrected chi connectivity index (χ0v) is 12.1. The number of hydrogen-bond acceptors (Lipinski definition) is 1. The van der Waals surface area contributed by atoms with Gasteiger partial charge in [0.2, 0.25) is 0 Å². The molecule has 0 bridgehead atoms. The van der Waals surface area contributed by atoms with Crippen molar-refractivity contribution >= 4 is 45.0 Å². The van der Waals surface area contributed by atoms with E-state index < -0.39 is 0 Å². The van der Waals surface area contributed by atoms with E-state index in [2.05, 4.69) is 21.2 Å². The Morgan fingerprint density at radius 3 is 2.76 bits per heavy atom. The van der Waals surface area contributed by atoms with E-state index in [1.165, 1.54) is 0 Å². The van der Waals surface area contributed by atoms with Gasteiger partial charge in [0, 0.05) is 15.9 Å².